The van der Waals surface area contributed by atoms with E-state index >= 15 is 0 Å². The Kier molecular flexibility index (Phi) is 3.24. The molecule has 15 heavy (non-hydrogen) atoms. The Morgan fingerprint density at radius 1 is 1.27 bits per heavy atom. The molecular weight excluding hydrogens is 211 g/mol. The Morgan fingerprint density at radius 2 is 1.87 bits per heavy atom. The van der Waals surface area contributed by atoms with Crippen LogP contribution in [0.1, 0.15) is 12.8 Å². The van der Waals surface area contributed by atoms with Gasteiger partial charge in [0.25, 0.3) is 0 Å². The van der Waals surface area contributed by atoms with Crippen molar-refractivity contribution < 1.29 is 14.3 Å². The lowest BCUT2D eigenvalue weighted by Crippen LogP contribution is -2.29. The zero-order chi connectivity index (χ0) is 10.8. The van der Waals surface area contributed by atoms with Crippen LogP contribution in [0.4, 0.5) is 0 Å². The smallest absolute Gasteiger partial charge is 0.423 e. The lowest BCUT2D eigenvalue weighted by atomic mass is 9.81. The van der Waals surface area contributed by atoms with Gasteiger partial charge in [0, 0.05) is 10.6 Å². The molecule has 0 amide bonds. The van der Waals surface area contributed by atoms with Crippen molar-refractivity contribution in [1.29, 1.82) is 0 Å². The first-order chi connectivity index (χ1) is 7.16. The predicted octanol–water partition coefficient (Wildman–Crippen LogP) is -0.116. The Morgan fingerprint density at radius 3 is 2.33 bits per heavy atom. The third-order valence-electron chi connectivity index (χ3n) is 2.53. The second kappa shape index (κ2) is 4.47. The molecule has 1 aromatic carbocycles. The number of benzene rings is 1. The van der Waals surface area contributed by atoms with E-state index in [1.54, 1.807) is 24.3 Å². The molecule has 0 aliphatic heterocycles. The van der Waals surface area contributed by atoms with Gasteiger partial charge in [-0.05, 0) is 36.4 Å². The highest BCUT2D eigenvalue weighted by Gasteiger charge is 2.24. The molecule has 5 heteroatoms. The van der Waals surface area contributed by atoms with Gasteiger partial charge in [-0.1, -0.05) is 12.1 Å². The van der Waals surface area contributed by atoms with Gasteiger partial charge in [0.1, 0.15) is 0 Å². The molecule has 1 fully saturated rings. The SMILES string of the molecule is O=S(CC1CC1)c1ccc(B(O)O)cc1. The molecule has 0 heterocycles. The topological polar surface area (TPSA) is 57.5 Å². The number of hydrogen-bond acceptors (Lipinski definition) is 3. The molecule has 3 nitrogen and oxygen atoms in total. The number of hydrogen-bond donors (Lipinski definition) is 2. The molecule has 80 valence electrons. The fourth-order valence-electron chi connectivity index (χ4n) is 1.39. The predicted molar refractivity (Wildman–Crippen MR) is 60.3 cm³/mol. The molecule has 0 aromatic heterocycles. The van der Waals surface area contributed by atoms with Crippen LogP contribution < -0.4 is 5.46 Å². The first-order valence-corrected chi connectivity index (χ1v) is 6.33. The van der Waals surface area contributed by atoms with Crippen LogP contribution in [0.2, 0.25) is 0 Å². The summed E-state index contributed by atoms with van der Waals surface area (Å²) >= 11 is 0. The van der Waals surface area contributed by atoms with E-state index in [4.69, 9.17) is 10.0 Å². The molecule has 1 aromatic rings. The van der Waals surface area contributed by atoms with Gasteiger partial charge < -0.3 is 10.0 Å². The van der Waals surface area contributed by atoms with Gasteiger partial charge in [0.05, 0.1) is 10.8 Å². The van der Waals surface area contributed by atoms with Gasteiger partial charge >= 0.3 is 7.12 Å². The van der Waals surface area contributed by atoms with E-state index in [0.717, 1.165) is 10.6 Å². The van der Waals surface area contributed by atoms with Crippen molar-refractivity contribution in [3.05, 3.63) is 24.3 Å². The molecule has 0 bridgehead atoms. The van der Waals surface area contributed by atoms with Gasteiger partial charge in [0.15, 0.2) is 0 Å². The van der Waals surface area contributed by atoms with Gasteiger partial charge in [-0.15, -0.1) is 0 Å². The fraction of sp³-hybridized carbons (Fsp3) is 0.400. The molecule has 2 rings (SSSR count). The van der Waals surface area contributed by atoms with E-state index in [0.29, 0.717) is 11.4 Å². The van der Waals surface area contributed by atoms with Crippen molar-refractivity contribution in [2.24, 2.45) is 5.92 Å². The minimum Gasteiger partial charge on any atom is -0.423 e. The second-order valence-corrected chi connectivity index (χ2v) is 5.39. The van der Waals surface area contributed by atoms with Gasteiger partial charge in [-0.3, -0.25) is 4.21 Å². The molecule has 2 N–H and O–H groups in total. The molecule has 1 aliphatic rings. The molecule has 1 saturated carbocycles. The maximum Gasteiger partial charge on any atom is 0.488 e. The van der Waals surface area contributed by atoms with Crippen LogP contribution in [0, 0.1) is 5.92 Å². The average Bonchev–Trinajstić information content (AvgIpc) is 3.02. The Labute approximate surface area is 91.7 Å². The standard InChI is InChI=1S/C10H13BO3S/c12-11(13)9-3-5-10(6-4-9)15(14)7-8-1-2-8/h3-6,8,12-13H,1-2,7H2. The Hall–Kier alpha value is -0.645. The summed E-state index contributed by atoms with van der Waals surface area (Å²) in [4.78, 5) is 0.770. The van der Waals surface area contributed by atoms with Crippen LogP contribution in [0.3, 0.4) is 0 Å². The molecule has 0 radical (unpaired) electrons. The second-order valence-electron chi connectivity index (χ2n) is 3.90. The summed E-state index contributed by atoms with van der Waals surface area (Å²) in [6.45, 7) is 0. The van der Waals surface area contributed by atoms with Crippen molar-refractivity contribution in [3.63, 3.8) is 0 Å². The number of rotatable bonds is 4. The van der Waals surface area contributed by atoms with Crippen LogP contribution in [0.25, 0.3) is 0 Å². The molecule has 0 spiro atoms. The highest BCUT2D eigenvalue weighted by molar-refractivity contribution is 7.85. The van der Waals surface area contributed by atoms with E-state index in [1.807, 2.05) is 0 Å². The lowest BCUT2D eigenvalue weighted by Gasteiger charge is -2.03. The summed E-state index contributed by atoms with van der Waals surface area (Å²) in [5, 5.41) is 17.8. The fourth-order valence-corrected chi connectivity index (χ4v) is 2.78. The summed E-state index contributed by atoms with van der Waals surface area (Å²) in [7, 11) is -2.38. The van der Waals surface area contributed by atoms with Crippen molar-refractivity contribution in [3.8, 4) is 0 Å². The van der Waals surface area contributed by atoms with E-state index < -0.39 is 17.9 Å². The maximum absolute atomic E-state index is 11.8. The maximum atomic E-state index is 11.8. The summed E-state index contributed by atoms with van der Waals surface area (Å²) in [6.07, 6.45) is 2.39. The van der Waals surface area contributed by atoms with Gasteiger partial charge in [-0.25, -0.2) is 0 Å². The third-order valence-corrected chi connectivity index (χ3v) is 4.10. The zero-order valence-electron chi connectivity index (χ0n) is 8.30. The molecule has 1 atom stereocenters. The Balaban J connectivity index is 2.04. The zero-order valence-corrected chi connectivity index (χ0v) is 9.11. The van der Waals surface area contributed by atoms with E-state index in [-0.39, 0.29) is 0 Å². The lowest BCUT2D eigenvalue weighted by molar-refractivity contribution is 0.425. The third kappa shape index (κ3) is 2.90. The summed E-state index contributed by atoms with van der Waals surface area (Å²) in [5.74, 6) is 1.37. The van der Waals surface area contributed by atoms with Crippen molar-refractivity contribution >= 4 is 23.4 Å². The van der Waals surface area contributed by atoms with Gasteiger partial charge in [0.2, 0.25) is 0 Å². The monoisotopic (exact) mass is 224 g/mol. The molecule has 0 saturated heterocycles. The van der Waals surface area contributed by atoms with Crippen molar-refractivity contribution in [1.82, 2.24) is 0 Å². The van der Waals surface area contributed by atoms with E-state index in [1.165, 1.54) is 12.8 Å². The Bertz CT molecular complexity index is 359. The van der Waals surface area contributed by atoms with Crippen molar-refractivity contribution in [2.45, 2.75) is 17.7 Å². The molecular formula is C10H13BO3S. The van der Waals surface area contributed by atoms with Crippen LogP contribution in [0.5, 0.6) is 0 Å². The van der Waals surface area contributed by atoms with Crippen LogP contribution >= 0.6 is 0 Å². The quantitative estimate of drug-likeness (QED) is 0.701. The van der Waals surface area contributed by atoms with Crippen LogP contribution in [-0.4, -0.2) is 27.1 Å². The molecule has 1 unspecified atom stereocenters. The van der Waals surface area contributed by atoms with Gasteiger partial charge in [-0.2, -0.15) is 0 Å². The highest BCUT2D eigenvalue weighted by Crippen LogP contribution is 2.30. The summed E-state index contributed by atoms with van der Waals surface area (Å²) in [5.41, 5.74) is 0.433. The van der Waals surface area contributed by atoms with Crippen molar-refractivity contribution in [2.75, 3.05) is 5.75 Å². The largest absolute Gasteiger partial charge is 0.488 e. The first-order valence-electron chi connectivity index (χ1n) is 5.01. The van der Waals surface area contributed by atoms with Crippen LogP contribution in [0.15, 0.2) is 29.2 Å². The highest BCUT2D eigenvalue weighted by atomic mass is 32.2. The minimum absolute atomic E-state index is 0.433. The van der Waals surface area contributed by atoms with Crippen LogP contribution in [-0.2, 0) is 10.8 Å². The summed E-state index contributed by atoms with van der Waals surface area (Å²) < 4.78 is 11.8. The minimum atomic E-state index is -1.45. The van der Waals surface area contributed by atoms with E-state index in [9.17, 15) is 4.21 Å². The normalized spacial score (nSPS) is 17.5. The average molecular weight is 224 g/mol. The molecule has 1 aliphatic carbocycles. The first kappa shape index (κ1) is 10.9. The summed E-state index contributed by atoms with van der Waals surface area (Å²) in [6, 6.07) is 6.61. The van der Waals surface area contributed by atoms with E-state index in [2.05, 4.69) is 0 Å².